The van der Waals surface area contributed by atoms with Crippen LogP contribution in [0.4, 0.5) is 0 Å². The predicted molar refractivity (Wildman–Crippen MR) is 59.5 cm³/mol. The lowest BCUT2D eigenvalue weighted by Crippen LogP contribution is -2.46. The molecular weight excluding hydrogens is 201 g/mol. The van der Waals surface area contributed by atoms with Crippen molar-refractivity contribution in [2.75, 3.05) is 31.5 Å². The number of hydrogen-bond donors (Lipinski definition) is 0. The quantitative estimate of drug-likeness (QED) is 0.582. The molecule has 0 saturated carbocycles. The molecule has 0 aliphatic carbocycles. The van der Waals surface area contributed by atoms with Crippen molar-refractivity contribution in [1.29, 1.82) is 0 Å². The highest BCUT2D eigenvalue weighted by atomic mass is 32.2. The average Bonchev–Trinajstić information content (AvgIpc) is 2.48. The molecule has 0 amide bonds. The SMILES string of the molecule is B(B1OCCCO1)B1OCCSCO1. The zero-order valence-electron chi connectivity index (χ0n) is 8.15. The molecule has 0 unspecified atom stereocenters. The van der Waals surface area contributed by atoms with Gasteiger partial charge in [0.2, 0.25) is 7.06 Å². The maximum atomic E-state index is 5.50. The monoisotopic (exact) mass is 214 g/mol. The van der Waals surface area contributed by atoms with Gasteiger partial charge in [-0.05, 0) is 6.42 Å². The smallest absolute Gasteiger partial charge is 0.401 e. The Balaban J connectivity index is 1.71. The van der Waals surface area contributed by atoms with Gasteiger partial charge < -0.3 is 18.6 Å². The molecule has 0 aromatic carbocycles. The molecule has 2 aliphatic rings. The van der Waals surface area contributed by atoms with Crippen LogP contribution in [-0.4, -0.2) is 52.6 Å². The first kappa shape index (κ1) is 10.9. The van der Waals surface area contributed by atoms with Crippen LogP contribution in [0.5, 0.6) is 0 Å². The molecule has 0 spiro atoms. The third-order valence-electron chi connectivity index (χ3n) is 2.15. The van der Waals surface area contributed by atoms with Crippen molar-refractivity contribution in [1.82, 2.24) is 0 Å². The van der Waals surface area contributed by atoms with Gasteiger partial charge in [-0.1, -0.05) is 0 Å². The lowest BCUT2D eigenvalue weighted by atomic mass is 9.23. The van der Waals surface area contributed by atoms with Crippen LogP contribution in [0.15, 0.2) is 0 Å². The number of thioether (sulfide) groups is 1. The van der Waals surface area contributed by atoms with E-state index >= 15 is 0 Å². The zero-order chi connectivity index (χ0) is 9.64. The Morgan fingerprint density at radius 2 is 1.64 bits per heavy atom. The van der Waals surface area contributed by atoms with Crippen molar-refractivity contribution in [2.24, 2.45) is 0 Å². The fourth-order valence-corrected chi connectivity index (χ4v) is 2.02. The van der Waals surface area contributed by atoms with E-state index in [0.29, 0.717) is 13.0 Å². The van der Waals surface area contributed by atoms with E-state index in [1.165, 1.54) is 0 Å². The standard InChI is InChI=1S/C6H13B3O4S/c1-2-10-8(11-3-1)7-9-12-4-5-14-6-13-9/h7H,1-6H2. The summed E-state index contributed by atoms with van der Waals surface area (Å²) >= 11 is 1.75. The van der Waals surface area contributed by atoms with Crippen LogP contribution >= 0.6 is 11.8 Å². The summed E-state index contributed by atoms with van der Waals surface area (Å²) in [5.41, 5.74) is 0. The topological polar surface area (TPSA) is 36.9 Å². The predicted octanol–water partition coefficient (Wildman–Crippen LogP) is -0.433. The first-order valence-corrected chi connectivity index (χ1v) is 6.15. The Labute approximate surface area is 89.9 Å². The Hall–Kier alpha value is 0.385. The second kappa shape index (κ2) is 6.07. The fraction of sp³-hybridized carbons (Fsp3) is 1.00. The first-order valence-electron chi connectivity index (χ1n) is 4.99. The van der Waals surface area contributed by atoms with E-state index in [2.05, 4.69) is 0 Å². The van der Waals surface area contributed by atoms with Gasteiger partial charge in [-0.2, -0.15) is 0 Å². The van der Waals surface area contributed by atoms with Gasteiger partial charge in [-0.15, -0.1) is 11.8 Å². The highest BCUT2D eigenvalue weighted by Crippen LogP contribution is 2.09. The number of hydrogen-bond acceptors (Lipinski definition) is 5. The number of rotatable bonds is 2. The molecule has 2 heterocycles. The first-order chi connectivity index (χ1) is 6.95. The molecule has 0 N–H and O–H groups in total. The minimum absolute atomic E-state index is 0.142. The molecule has 0 bridgehead atoms. The van der Waals surface area contributed by atoms with Gasteiger partial charge in [-0.3, -0.25) is 0 Å². The molecule has 14 heavy (non-hydrogen) atoms. The van der Waals surface area contributed by atoms with Gasteiger partial charge in [0.05, 0.1) is 5.94 Å². The molecule has 2 rings (SSSR count). The summed E-state index contributed by atoms with van der Waals surface area (Å²) in [6.45, 7) is 2.32. The van der Waals surface area contributed by atoms with Gasteiger partial charge in [0, 0.05) is 25.6 Å². The zero-order valence-corrected chi connectivity index (χ0v) is 8.96. The van der Waals surface area contributed by atoms with E-state index in [9.17, 15) is 0 Å². The van der Waals surface area contributed by atoms with Gasteiger partial charge in [0.15, 0.2) is 0 Å². The van der Waals surface area contributed by atoms with Crippen LogP contribution in [-0.2, 0) is 18.6 Å². The summed E-state index contributed by atoms with van der Waals surface area (Å²) in [5, 5.41) is 0. The summed E-state index contributed by atoms with van der Waals surface area (Å²) in [5.74, 6) is 1.71. The fourth-order valence-electron chi connectivity index (χ4n) is 1.44. The van der Waals surface area contributed by atoms with Crippen LogP contribution in [0.1, 0.15) is 6.42 Å². The van der Waals surface area contributed by atoms with Crippen LogP contribution in [0.2, 0.25) is 0 Å². The largest absolute Gasteiger partial charge is 0.418 e. The van der Waals surface area contributed by atoms with E-state index in [-0.39, 0.29) is 14.0 Å². The third kappa shape index (κ3) is 3.51. The summed E-state index contributed by atoms with van der Waals surface area (Å²) in [4.78, 5) is 0. The van der Waals surface area contributed by atoms with Crippen LogP contribution in [0.25, 0.3) is 0 Å². The lowest BCUT2D eigenvalue weighted by molar-refractivity contribution is 0.147. The second-order valence-corrected chi connectivity index (χ2v) is 4.31. The molecule has 0 atom stereocenters. The lowest BCUT2D eigenvalue weighted by Gasteiger charge is -2.21. The van der Waals surface area contributed by atoms with E-state index in [1.807, 2.05) is 0 Å². The van der Waals surface area contributed by atoms with Crippen LogP contribution < -0.4 is 0 Å². The Bertz CT molecular complexity index is 161. The van der Waals surface area contributed by atoms with Gasteiger partial charge >= 0.3 is 14.0 Å². The highest BCUT2D eigenvalue weighted by molar-refractivity contribution is 7.99. The summed E-state index contributed by atoms with van der Waals surface area (Å²) in [6.07, 6.45) is 0.985. The van der Waals surface area contributed by atoms with E-state index in [4.69, 9.17) is 18.6 Å². The molecule has 76 valence electrons. The molecule has 2 saturated heterocycles. The second-order valence-electron chi connectivity index (χ2n) is 3.25. The summed E-state index contributed by atoms with van der Waals surface area (Å²) in [6, 6.07) is 0. The molecule has 0 aromatic heterocycles. The maximum absolute atomic E-state index is 5.50. The highest BCUT2D eigenvalue weighted by Gasteiger charge is 2.33. The van der Waals surface area contributed by atoms with E-state index in [1.54, 1.807) is 11.8 Å². The Morgan fingerprint density at radius 1 is 0.929 bits per heavy atom. The Kier molecular flexibility index (Phi) is 4.72. The molecule has 2 fully saturated rings. The van der Waals surface area contributed by atoms with E-state index in [0.717, 1.165) is 32.0 Å². The van der Waals surface area contributed by atoms with Crippen molar-refractivity contribution in [2.45, 2.75) is 6.42 Å². The minimum Gasteiger partial charge on any atom is -0.418 e. The van der Waals surface area contributed by atoms with Crippen molar-refractivity contribution >= 4 is 32.8 Å². The normalized spacial score (nSPS) is 24.6. The van der Waals surface area contributed by atoms with E-state index < -0.39 is 0 Å². The van der Waals surface area contributed by atoms with Gasteiger partial charge in [0.25, 0.3) is 0 Å². The molecule has 0 radical (unpaired) electrons. The molecular formula is C6H13B3O4S. The van der Waals surface area contributed by atoms with Gasteiger partial charge in [-0.25, -0.2) is 0 Å². The molecule has 2 aliphatic heterocycles. The molecule has 0 aromatic rings. The van der Waals surface area contributed by atoms with Gasteiger partial charge in [0.1, 0.15) is 0 Å². The van der Waals surface area contributed by atoms with Crippen LogP contribution in [0.3, 0.4) is 0 Å². The minimum atomic E-state index is -0.159. The summed E-state index contributed by atoms with van der Waals surface area (Å²) < 4.78 is 21.9. The van der Waals surface area contributed by atoms with Crippen molar-refractivity contribution in [3.05, 3.63) is 0 Å². The van der Waals surface area contributed by atoms with Crippen molar-refractivity contribution in [3.63, 3.8) is 0 Å². The maximum Gasteiger partial charge on any atom is 0.401 e. The van der Waals surface area contributed by atoms with Crippen molar-refractivity contribution in [3.8, 4) is 0 Å². The average molecular weight is 214 g/mol. The van der Waals surface area contributed by atoms with Crippen LogP contribution in [0, 0.1) is 0 Å². The van der Waals surface area contributed by atoms with Crippen molar-refractivity contribution < 1.29 is 18.6 Å². The summed E-state index contributed by atoms with van der Waals surface area (Å²) in [7, 11) is 0.380. The third-order valence-corrected chi connectivity index (χ3v) is 2.91. The molecule has 8 heteroatoms. The Morgan fingerprint density at radius 3 is 2.50 bits per heavy atom. The molecule has 4 nitrogen and oxygen atoms in total.